The zero-order valence-corrected chi connectivity index (χ0v) is 12.3. The van der Waals surface area contributed by atoms with Gasteiger partial charge in [-0.1, -0.05) is 19.6 Å². The lowest BCUT2D eigenvalue weighted by molar-refractivity contribution is -0.149. The molecule has 0 spiro atoms. The minimum atomic E-state index is -1.40. The molecule has 100 valence electrons. The van der Waals surface area contributed by atoms with Gasteiger partial charge in [-0.15, -0.1) is 0 Å². The third-order valence-corrected chi connectivity index (χ3v) is 3.14. The van der Waals surface area contributed by atoms with Crippen molar-refractivity contribution in [1.29, 1.82) is 0 Å². The van der Waals surface area contributed by atoms with Gasteiger partial charge < -0.3 is 14.6 Å². The minimum absolute atomic E-state index is 0.163. The molecule has 0 saturated heterocycles. The summed E-state index contributed by atoms with van der Waals surface area (Å²) in [6, 6.07) is 6.24. The topological polar surface area (TPSA) is 55.8 Å². The standard InChI is InChI=1S/C13H20O4Si/c1-10(13(15)16-9-18(2,3)4)17-12-7-5-11(14)6-8-12/h5-8,10,14H,9H2,1-4H3. The summed E-state index contributed by atoms with van der Waals surface area (Å²) in [7, 11) is -1.40. The first-order valence-corrected chi connectivity index (χ1v) is 9.61. The predicted octanol–water partition coefficient (Wildman–Crippen LogP) is 2.58. The molecule has 0 amide bonds. The molecule has 0 aliphatic heterocycles. The minimum Gasteiger partial charge on any atom is -0.508 e. The molecule has 0 heterocycles. The van der Waals surface area contributed by atoms with Crippen LogP contribution in [0, 0.1) is 0 Å². The van der Waals surface area contributed by atoms with Crippen LogP contribution in [0.4, 0.5) is 0 Å². The van der Waals surface area contributed by atoms with Gasteiger partial charge in [0.2, 0.25) is 0 Å². The first-order chi connectivity index (χ1) is 8.28. The van der Waals surface area contributed by atoms with Crippen molar-refractivity contribution in [2.45, 2.75) is 32.7 Å². The highest BCUT2D eigenvalue weighted by atomic mass is 28.3. The zero-order chi connectivity index (χ0) is 13.8. The van der Waals surface area contributed by atoms with E-state index in [2.05, 4.69) is 19.6 Å². The average molecular weight is 268 g/mol. The SMILES string of the molecule is CC(Oc1ccc(O)cc1)C(=O)OC[Si](C)(C)C. The Bertz CT molecular complexity index is 394. The molecule has 0 aliphatic rings. The Balaban J connectivity index is 2.47. The number of hydrogen-bond donors (Lipinski definition) is 1. The third-order valence-electron chi connectivity index (χ3n) is 2.13. The summed E-state index contributed by atoms with van der Waals surface area (Å²) < 4.78 is 10.6. The Morgan fingerprint density at radius 2 is 1.83 bits per heavy atom. The zero-order valence-electron chi connectivity index (χ0n) is 11.3. The van der Waals surface area contributed by atoms with Gasteiger partial charge in [0.1, 0.15) is 11.5 Å². The van der Waals surface area contributed by atoms with Gasteiger partial charge in [-0.3, -0.25) is 0 Å². The van der Waals surface area contributed by atoms with Crippen LogP contribution in [-0.4, -0.2) is 31.5 Å². The summed E-state index contributed by atoms with van der Waals surface area (Å²) in [6.45, 7) is 8.04. The molecular weight excluding hydrogens is 248 g/mol. The van der Waals surface area contributed by atoms with Crippen LogP contribution in [0.5, 0.6) is 11.5 Å². The first-order valence-electron chi connectivity index (χ1n) is 5.90. The lowest BCUT2D eigenvalue weighted by Gasteiger charge is -2.18. The summed E-state index contributed by atoms with van der Waals surface area (Å²) in [5.74, 6) is 0.340. The molecule has 1 rings (SSSR count). The molecular formula is C13H20O4Si. The fourth-order valence-corrected chi connectivity index (χ4v) is 1.76. The largest absolute Gasteiger partial charge is 0.508 e. The van der Waals surface area contributed by atoms with Crippen LogP contribution >= 0.6 is 0 Å². The van der Waals surface area contributed by atoms with Crippen LogP contribution in [0.3, 0.4) is 0 Å². The number of benzene rings is 1. The Kier molecular flexibility index (Phi) is 4.78. The second-order valence-corrected chi connectivity index (χ2v) is 10.8. The molecule has 1 N–H and O–H groups in total. The van der Waals surface area contributed by atoms with Gasteiger partial charge in [0.05, 0.1) is 14.3 Å². The van der Waals surface area contributed by atoms with Crippen molar-refractivity contribution >= 4 is 14.0 Å². The average Bonchev–Trinajstić information content (AvgIpc) is 2.28. The van der Waals surface area contributed by atoms with E-state index in [1.54, 1.807) is 19.1 Å². The van der Waals surface area contributed by atoms with Crippen molar-refractivity contribution in [3.63, 3.8) is 0 Å². The highest BCUT2D eigenvalue weighted by Gasteiger charge is 2.21. The van der Waals surface area contributed by atoms with E-state index in [0.717, 1.165) is 0 Å². The summed E-state index contributed by atoms with van der Waals surface area (Å²) in [4.78, 5) is 11.7. The van der Waals surface area contributed by atoms with E-state index < -0.39 is 14.2 Å². The number of esters is 1. The fraction of sp³-hybridized carbons (Fsp3) is 0.462. The van der Waals surface area contributed by atoms with Crippen LogP contribution in [0.25, 0.3) is 0 Å². The quantitative estimate of drug-likeness (QED) is 0.658. The van der Waals surface area contributed by atoms with Gasteiger partial charge in [-0.25, -0.2) is 4.79 Å². The second-order valence-electron chi connectivity index (χ2n) is 5.42. The molecule has 1 aromatic rings. The number of carbonyl (C=O) groups is 1. The molecule has 5 heteroatoms. The van der Waals surface area contributed by atoms with Crippen molar-refractivity contribution < 1.29 is 19.4 Å². The van der Waals surface area contributed by atoms with Crippen LogP contribution in [0.1, 0.15) is 6.92 Å². The van der Waals surface area contributed by atoms with E-state index in [1.165, 1.54) is 12.1 Å². The number of hydrogen-bond acceptors (Lipinski definition) is 4. The normalized spacial score (nSPS) is 12.9. The van der Waals surface area contributed by atoms with Crippen molar-refractivity contribution in [3.05, 3.63) is 24.3 Å². The monoisotopic (exact) mass is 268 g/mol. The van der Waals surface area contributed by atoms with Crippen molar-refractivity contribution in [2.24, 2.45) is 0 Å². The highest BCUT2D eigenvalue weighted by Crippen LogP contribution is 2.17. The maximum atomic E-state index is 11.7. The fourth-order valence-electron chi connectivity index (χ4n) is 1.18. The number of ether oxygens (including phenoxy) is 2. The first kappa shape index (κ1) is 14.6. The maximum absolute atomic E-state index is 11.7. The van der Waals surface area contributed by atoms with Gasteiger partial charge in [0.15, 0.2) is 6.10 Å². The van der Waals surface area contributed by atoms with Gasteiger partial charge in [0.25, 0.3) is 0 Å². The number of carbonyl (C=O) groups excluding carboxylic acids is 1. The molecule has 0 fully saturated rings. The van der Waals surface area contributed by atoms with Gasteiger partial charge in [0, 0.05) is 0 Å². The van der Waals surface area contributed by atoms with Crippen LogP contribution < -0.4 is 4.74 Å². The lowest BCUT2D eigenvalue weighted by Crippen LogP contribution is -2.34. The molecule has 1 atom stereocenters. The molecule has 18 heavy (non-hydrogen) atoms. The second kappa shape index (κ2) is 5.91. The summed E-state index contributed by atoms with van der Waals surface area (Å²) in [5, 5.41) is 9.13. The van der Waals surface area contributed by atoms with E-state index in [4.69, 9.17) is 14.6 Å². The van der Waals surface area contributed by atoms with Crippen molar-refractivity contribution in [3.8, 4) is 11.5 Å². The van der Waals surface area contributed by atoms with Crippen LogP contribution in [-0.2, 0) is 9.53 Å². The highest BCUT2D eigenvalue weighted by molar-refractivity contribution is 6.76. The number of aromatic hydroxyl groups is 1. The van der Waals surface area contributed by atoms with Crippen molar-refractivity contribution in [2.75, 3.05) is 6.23 Å². The molecule has 0 bridgehead atoms. The summed E-state index contributed by atoms with van der Waals surface area (Å²) >= 11 is 0. The van der Waals surface area contributed by atoms with Gasteiger partial charge in [-0.2, -0.15) is 0 Å². The molecule has 1 unspecified atom stereocenters. The molecule has 4 nitrogen and oxygen atoms in total. The van der Waals surface area contributed by atoms with Crippen LogP contribution in [0.2, 0.25) is 19.6 Å². The van der Waals surface area contributed by atoms with E-state index >= 15 is 0 Å². The number of phenols is 1. The Hall–Kier alpha value is -1.49. The van der Waals surface area contributed by atoms with Crippen LogP contribution in [0.15, 0.2) is 24.3 Å². The maximum Gasteiger partial charge on any atom is 0.346 e. The lowest BCUT2D eigenvalue weighted by atomic mass is 10.3. The Labute approximate surface area is 109 Å². The van der Waals surface area contributed by atoms with E-state index in [9.17, 15) is 4.79 Å². The third kappa shape index (κ3) is 5.22. The summed E-state index contributed by atoms with van der Waals surface area (Å²) in [5.41, 5.74) is 0. The molecule has 0 saturated carbocycles. The smallest absolute Gasteiger partial charge is 0.346 e. The predicted molar refractivity (Wildman–Crippen MR) is 72.5 cm³/mol. The Morgan fingerprint density at radius 3 is 2.33 bits per heavy atom. The number of rotatable bonds is 5. The Morgan fingerprint density at radius 1 is 1.28 bits per heavy atom. The number of phenolic OH excluding ortho intramolecular Hbond substituents is 1. The molecule has 0 aliphatic carbocycles. The van der Waals surface area contributed by atoms with Gasteiger partial charge in [-0.05, 0) is 31.2 Å². The molecule has 0 aromatic heterocycles. The van der Waals surface area contributed by atoms with Crippen molar-refractivity contribution in [1.82, 2.24) is 0 Å². The summed E-state index contributed by atoms with van der Waals surface area (Å²) in [6.07, 6.45) is -0.152. The van der Waals surface area contributed by atoms with E-state index in [-0.39, 0.29) is 11.7 Å². The van der Waals surface area contributed by atoms with E-state index in [0.29, 0.717) is 12.0 Å². The van der Waals surface area contributed by atoms with E-state index in [1.807, 2.05) is 0 Å². The van der Waals surface area contributed by atoms with Gasteiger partial charge >= 0.3 is 5.97 Å². The molecule has 0 radical (unpaired) electrons. The molecule has 1 aromatic carbocycles.